The van der Waals surface area contributed by atoms with Gasteiger partial charge < -0.3 is 24.2 Å². The van der Waals surface area contributed by atoms with Crippen LogP contribution in [0.5, 0.6) is 6.01 Å². The monoisotopic (exact) mass is 625 g/mol. The first-order valence-corrected chi connectivity index (χ1v) is 15.6. The maximum Gasteiger partial charge on any atom is 0.319 e. The molecule has 1 aromatic carbocycles. The van der Waals surface area contributed by atoms with Gasteiger partial charge in [0.2, 0.25) is 0 Å². The summed E-state index contributed by atoms with van der Waals surface area (Å²) in [5, 5.41) is 18.7. The molecule has 3 fully saturated rings. The first-order valence-electron chi connectivity index (χ1n) is 15.2. The Kier molecular flexibility index (Phi) is 7.82. The van der Waals surface area contributed by atoms with E-state index in [2.05, 4.69) is 25.1 Å². The summed E-state index contributed by atoms with van der Waals surface area (Å²) in [4.78, 5) is 18.3. The van der Waals surface area contributed by atoms with Gasteiger partial charge in [-0.15, -0.1) is 0 Å². The number of H-pyrrole nitrogens is 1. The molecule has 2 aliphatic heterocycles. The second-order valence-corrected chi connectivity index (χ2v) is 12.9. The number of hydrogen-bond acceptors (Lipinski definition) is 10. The van der Waals surface area contributed by atoms with Gasteiger partial charge in [0.25, 0.3) is 0 Å². The van der Waals surface area contributed by atoms with Crippen molar-refractivity contribution in [2.45, 2.75) is 49.9 Å². The quantitative estimate of drug-likeness (QED) is 0.181. The van der Waals surface area contributed by atoms with E-state index < -0.39 is 11.6 Å². The number of anilines is 1. The van der Waals surface area contributed by atoms with Crippen LogP contribution in [-0.4, -0.2) is 100 Å². The first-order chi connectivity index (χ1) is 21.3. The predicted octanol–water partition coefficient (Wildman–Crippen LogP) is 4.57. The fourth-order valence-corrected chi connectivity index (χ4v) is 7.34. The average molecular weight is 626 g/mol. The fraction of sp³-hybridized carbons (Fsp3) is 0.548. The molecule has 234 valence electrons. The second kappa shape index (κ2) is 11.6. The van der Waals surface area contributed by atoms with Crippen LogP contribution in [0.1, 0.15) is 38.5 Å². The lowest BCUT2D eigenvalue weighted by molar-refractivity contribution is -0.259. The lowest BCUT2D eigenvalue weighted by Crippen LogP contribution is -2.47. The normalized spacial score (nSPS) is 22.9. The minimum absolute atomic E-state index is 0.00958. The SMILES string of the molecule is COC1(O)CC(COCCN(C)c2nc(OCC34CCCN3CCC4)nc3c(F)c(-c4cc(Cl)cc5[nH]ncc45)ncc23)C1. The van der Waals surface area contributed by atoms with Crippen LogP contribution in [0.3, 0.4) is 0 Å². The summed E-state index contributed by atoms with van der Waals surface area (Å²) in [7, 11) is 3.40. The number of halogens is 2. The predicted molar refractivity (Wildman–Crippen MR) is 164 cm³/mol. The van der Waals surface area contributed by atoms with Crippen LogP contribution < -0.4 is 9.64 Å². The van der Waals surface area contributed by atoms with Gasteiger partial charge in [-0.3, -0.25) is 15.0 Å². The Hall–Kier alpha value is -3.16. The number of nitrogens with zero attached hydrogens (tertiary/aromatic N) is 6. The number of nitrogens with one attached hydrogen (secondary N) is 1. The molecule has 0 bridgehead atoms. The largest absolute Gasteiger partial charge is 0.461 e. The molecule has 3 aromatic heterocycles. The van der Waals surface area contributed by atoms with Crippen molar-refractivity contribution in [3.63, 3.8) is 0 Å². The van der Waals surface area contributed by atoms with Crippen molar-refractivity contribution in [1.29, 1.82) is 0 Å². The minimum atomic E-state index is -1.03. The summed E-state index contributed by atoms with van der Waals surface area (Å²) in [6.07, 6.45) is 8.79. The lowest BCUT2D eigenvalue weighted by atomic mass is 9.79. The molecule has 0 unspecified atom stereocenters. The molecule has 44 heavy (non-hydrogen) atoms. The third kappa shape index (κ3) is 5.36. The summed E-state index contributed by atoms with van der Waals surface area (Å²) in [5.74, 6) is -0.850. The first kappa shape index (κ1) is 29.5. The third-order valence-electron chi connectivity index (χ3n) is 9.58. The van der Waals surface area contributed by atoms with Crippen LogP contribution in [0.2, 0.25) is 5.02 Å². The number of fused-ring (bicyclic) bond motifs is 3. The van der Waals surface area contributed by atoms with Crippen molar-refractivity contribution in [2.24, 2.45) is 5.92 Å². The molecule has 7 rings (SSSR count). The zero-order valence-corrected chi connectivity index (χ0v) is 25.7. The van der Waals surface area contributed by atoms with Gasteiger partial charge in [-0.2, -0.15) is 15.1 Å². The van der Waals surface area contributed by atoms with E-state index >= 15 is 4.39 Å². The zero-order valence-electron chi connectivity index (χ0n) is 25.0. The Morgan fingerprint density at radius 1 is 1.16 bits per heavy atom. The number of hydrogen-bond donors (Lipinski definition) is 2. The van der Waals surface area contributed by atoms with Gasteiger partial charge in [0, 0.05) is 62.3 Å². The molecule has 1 saturated carbocycles. The highest BCUT2D eigenvalue weighted by Gasteiger charge is 2.45. The van der Waals surface area contributed by atoms with Crippen LogP contribution in [0.15, 0.2) is 24.5 Å². The van der Waals surface area contributed by atoms with Gasteiger partial charge in [0.15, 0.2) is 11.6 Å². The van der Waals surface area contributed by atoms with Gasteiger partial charge >= 0.3 is 6.01 Å². The highest BCUT2D eigenvalue weighted by molar-refractivity contribution is 6.31. The van der Waals surface area contributed by atoms with E-state index in [1.165, 1.54) is 7.11 Å². The number of ether oxygens (including phenoxy) is 3. The van der Waals surface area contributed by atoms with E-state index in [1.807, 2.05) is 11.9 Å². The highest BCUT2D eigenvalue weighted by atomic mass is 35.5. The zero-order chi connectivity index (χ0) is 30.5. The van der Waals surface area contributed by atoms with Crippen LogP contribution in [-0.2, 0) is 9.47 Å². The molecule has 0 radical (unpaired) electrons. The third-order valence-corrected chi connectivity index (χ3v) is 9.80. The summed E-state index contributed by atoms with van der Waals surface area (Å²) in [6, 6.07) is 3.56. The molecule has 3 aliphatic rings. The van der Waals surface area contributed by atoms with Crippen molar-refractivity contribution in [2.75, 3.05) is 58.5 Å². The standard InChI is InChI=1S/C31H37ClFN7O4/c1-39(9-10-43-17-19-13-31(41,14-19)42-2)28-23-15-34-26(21-11-20(32)12-24-22(21)16-35-38-24)25(33)27(23)36-29(37-28)44-18-30-5-3-7-40(30)8-4-6-30/h11-12,15-16,19,41H,3-10,13-14,17-18H2,1-2H3,(H,35,38). The smallest absolute Gasteiger partial charge is 0.319 e. The van der Waals surface area contributed by atoms with Gasteiger partial charge in [-0.25, -0.2) is 4.39 Å². The molecule has 2 N–H and O–H groups in total. The number of likely N-dealkylation sites (N-methyl/N-ethyl adjacent to an activating group) is 1. The lowest BCUT2D eigenvalue weighted by Gasteiger charge is -2.41. The summed E-state index contributed by atoms with van der Waals surface area (Å²) in [6.45, 7) is 4.06. The van der Waals surface area contributed by atoms with E-state index in [1.54, 1.807) is 24.5 Å². The summed E-state index contributed by atoms with van der Waals surface area (Å²) < 4.78 is 33.8. The maximum absolute atomic E-state index is 16.5. The van der Waals surface area contributed by atoms with Gasteiger partial charge in [0.1, 0.15) is 23.6 Å². The second-order valence-electron chi connectivity index (χ2n) is 12.4. The highest BCUT2D eigenvalue weighted by Crippen LogP contribution is 2.40. The maximum atomic E-state index is 16.5. The molecule has 4 aromatic rings. The van der Waals surface area contributed by atoms with Crippen molar-refractivity contribution in [3.05, 3.63) is 35.4 Å². The molecule has 13 heteroatoms. The Morgan fingerprint density at radius 2 is 1.95 bits per heavy atom. The van der Waals surface area contributed by atoms with Gasteiger partial charge in [-0.05, 0) is 56.8 Å². The Morgan fingerprint density at radius 3 is 2.73 bits per heavy atom. The van der Waals surface area contributed by atoms with Crippen molar-refractivity contribution in [3.8, 4) is 17.3 Å². The summed E-state index contributed by atoms with van der Waals surface area (Å²) >= 11 is 6.37. The van der Waals surface area contributed by atoms with Crippen LogP contribution in [0.4, 0.5) is 10.2 Å². The van der Waals surface area contributed by atoms with E-state index in [4.69, 9.17) is 30.8 Å². The minimum Gasteiger partial charge on any atom is -0.461 e. The Bertz CT molecular complexity index is 1670. The van der Waals surface area contributed by atoms with Crippen LogP contribution in [0.25, 0.3) is 33.1 Å². The molecule has 11 nitrogen and oxygen atoms in total. The van der Waals surface area contributed by atoms with E-state index in [0.29, 0.717) is 71.9 Å². The molecule has 5 heterocycles. The molecule has 0 amide bonds. The molecular weight excluding hydrogens is 589 g/mol. The van der Waals surface area contributed by atoms with E-state index in [0.717, 1.165) is 38.8 Å². The Labute approximate surface area is 259 Å². The van der Waals surface area contributed by atoms with E-state index in [-0.39, 0.29) is 28.7 Å². The Balaban J connectivity index is 1.18. The van der Waals surface area contributed by atoms with Crippen molar-refractivity contribution in [1.82, 2.24) is 30.0 Å². The fourth-order valence-electron chi connectivity index (χ4n) is 7.12. The van der Waals surface area contributed by atoms with Crippen LogP contribution >= 0.6 is 11.6 Å². The number of methoxy groups -OCH3 is 1. The topological polar surface area (TPSA) is 122 Å². The van der Waals surface area contributed by atoms with Crippen molar-refractivity contribution < 1.29 is 23.7 Å². The van der Waals surface area contributed by atoms with Crippen LogP contribution in [0, 0.1) is 11.7 Å². The molecule has 0 spiro atoms. The molecule has 2 saturated heterocycles. The van der Waals surface area contributed by atoms with Gasteiger partial charge in [-0.1, -0.05) is 11.6 Å². The number of aromatic nitrogens is 5. The molecule has 0 atom stereocenters. The molecular formula is C31H37ClFN7O4. The number of aliphatic hydroxyl groups is 1. The molecule has 1 aliphatic carbocycles. The average Bonchev–Trinajstić information content (AvgIpc) is 3.73. The number of aromatic amines is 1. The summed E-state index contributed by atoms with van der Waals surface area (Å²) in [5.41, 5.74) is 1.45. The van der Waals surface area contributed by atoms with E-state index in [9.17, 15) is 5.11 Å². The number of pyridine rings is 1. The number of rotatable bonds is 11. The van der Waals surface area contributed by atoms with Gasteiger partial charge in [0.05, 0.1) is 29.2 Å². The van der Waals surface area contributed by atoms with Crippen molar-refractivity contribution >= 4 is 39.2 Å². The number of benzene rings is 1.